The van der Waals surface area contributed by atoms with Gasteiger partial charge in [0.2, 0.25) is 5.43 Å². The van der Waals surface area contributed by atoms with Crippen LogP contribution < -0.4 is 10.2 Å². The van der Waals surface area contributed by atoms with Crippen molar-refractivity contribution in [3.05, 3.63) is 74.0 Å². The van der Waals surface area contributed by atoms with Gasteiger partial charge in [-0.15, -0.1) is 0 Å². The van der Waals surface area contributed by atoms with Gasteiger partial charge in [0, 0.05) is 5.39 Å². The van der Waals surface area contributed by atoms with Crippen molar-refractivity contribution >= 4 is 40.3 Å². The third-order valence-electron chi connectivity index (χ3n) is 4.35. The molecule has 0 bridgehead atoms. The lowest BCUT2D eigenvalue weighted by Gasteiger charge is -2.16. The van der Waals surface area contributed by atoms with Crippen molar-refractivity contribution in [1.82, 2.24) is 4.57 Å². The summed E-state index contributed by atoms with van der Waals surface area (Å²) in [5.74, 6) is -0.395. The molecule has 1 heterocycles. The van der Waals surface area contributed by atoms with Crippen LogP contribution in [-0.4, -0.2) is 38.8 Å². The second-order valence-electron chi connectivity index (χ2n) is 6.42. The molecule has 9 heteroatoms. The number of carboxylic acid groups (broad SMARTS) is 1. The fraction of sp³-hybridized carbons (Fsp3) is 0.200. The quantitative estimate of drug-likeness (QED) is 0.510. The number of halogens is 2. The van der Waals surface area contributed by atoms with Gasteiger partial charge in [0.05, 0.1) is 41.0 Å². The van der Waals surface area contributed by atoms with Gasteiger partial charge in [-0.3, -0.25) is 4.79 Å². The summed E-state index contributed by atoms with van der Waals surface area (Å²) < 4.78 is 6.07. The predicted molar refractivity (Wildman–Crippen MR) is 109 cm³/mol. The summed E-state index contributed by atoms with van der Waals surface area (Å²) in [6.07, 6.45) is -1.12. The van der Waals surface area contributed by atoms with E-state index in [-0.39, 0.29) is 11.9 Å². The molecule has 1 atom stereocenters. The highest BCUT2D eigenvalue weighted by Crippen LogP contribution is 2.28. The molecule has 3 aromatic rings. The highest BCUT2D eigenvalue weighted by atomic mass is 35.5. The number of fused-ring (bicyclic) bond motifs is 1. The van der Waals surface area contributed by atoms with Crippen molar-refractivity contribution < 1.29 is 24.9 Å². The molecule has 0 spiro atoms. The average molecular weight is 438 g/mol. The zero-order chi connectivity index (χ0) is 21.1. The number of aromatic nitrogens is 1. The van der Waals surface area contributed by atoms with Crippen LogP contribution >= 0.6 is 23.2 Å². The number of hydrogen-bond donors (Lipinski definition) is 3. The Bertz CT molecular complexity index is 1130. The monoisotopic (exact) mass is 437 g/mol. The molecule has 152 valence electrons. The third kappa shape index (κ3) is 4.71. The standard InChI is InChI=1S/C20H17Cl2NO6/c21-15-3-1-2-12(18(15)22)6-11-4-5-16-14(7-11)19(26)17(29-20(27)28)9-23(16)8-13(25)10-24/h1-5,7,9,13,24-25H,6,8,10H2,(H,27,28). The summed E-state index contributed by atoms with van der Waals surface area (Å²) in [5, 5.41) is 28.9. The molecule has 1 unspecified atom stereocenters. The number of hydrogen-bond acceptors (Lipinski definition) is 5. The topological polar surface area (TPSA) is 109 Å². The molecular formula is C20H17Cl2NO6. The zero-order valence-electron chi connectivity index (χ0n) is 15.0. The Kier molecular flexibility index (Phi) is 6.44. The van der Waals surface area contributed by atoms with Gasteiger partial charge in [-0.25, -0.2) is 4.79 Å². The molecule has 0 fully saturated rings. The summed E-state index contributed by atoms with van der Waals surface area (Å²) in [6, 6.07) is 10.3. The number of aliphatic hydroxyl groups excluding tert-OH is 2. The molecule has 0 aliphatic carbocycles. The van der Waals surface area contributed by atoms with Gasteiger partial charge in [-0.1, -0.05) is 41.4 Å². The van der Waals surface area contributed by atoms with Gasteiger partial charge in [-0.2, -0.15) is 0 Å². The van der Waals surface area contributed by atoms with Crippen molar-refractivity contribution in [2.75, 3.05) is 6.61 Å². The second kappa shape index (κ2) is 8.84. The Morgan fingerprint density at radius 3 is 2.66 bits per heavy atom. The molecule has 0 aliphatic rings. The summed E-state index contributed by atoms with van der Waals surface area (Å²) in [7, 11) is 0. The van der Waals surface area contributed by atoms with E-state index in [1.807, 2.05) is 6.07 Å². The van der Waals surface area contributed by atoms with Crippen LogP contribution in [0, 0.1) is 0 Å². The number of rotatable bonds is 6. The minimum absolute atomic E-state index is 0.0529. The summed E-state index contributed by atoms with van der Waals surface area (Å²) in [5.41, 5.74) is 1.38. The van der Waals surface area contributed by atoms with Crippen LogP contribution in [-0.2, 0) is 13.0 Å². The number of carbonyl (C=O) groups is 1. The Morgan fingerprint density at radius 1 is 1.21 bits per heavy atom. The van der Waals surface area contributed by atoms with Gasteiger partial charge >= 0.3 is 6.16 Å². The summed E-state index contributed by atoms with van der Waals surface area (Å²) >= 11 is 12.3. The van der Waals surface area contributed by atoms with Gasteiger partial charge in [-0.05, 0) is 35.7 Å². The van der Waals surface area contributed by atoms with Crippen molar-refractivity contribution in [3.63, 3.8) is 0 Å². The SMILES string of the molecule is O=C(O)Oc1cn(CC(O)CO)c2ccc(Cc3cccc(Cl)c3Cl)cc2c1=O. The molecular weight excluding hydrogens is 421 g/mol. The van der Waals surface area contributed by atoms with Crippen LogP contribution in [0.3, 0.4) is 0 Å². The third-order valence-corrected chi connectivity index (χ3v) is 5.21. The number of aliphatic hydroxyl groups is 2. The molecule has 2 aromatic carbocycles. The van der Waals surface area contributed by atoms with Gasteiger partial charge < -0.3 is 24.6 Å². The lowest BCUT2D eigenvalue weighted by atomic mass is 10.0. The van der Waals surface area contributed by atoms with E-state index in [1.54, 1.807) is 30.3 Å². The summed E-state index contributed by atoms with van der Waals surface area (Å²) in [4.78, 5) is 23.7. The molecule has 3 rings (SSSR count). The van der Waals surface area contributed by atoms with Crippen LogP contribution in [0.2, 0.25) is 10.0 Å². The largest absolute Gasteiger partial charge is 0.511 e. The van der Waals surface area contributed by atoms with E-state index in [0.29, 0.717) is 22.0 Å². The van der Waals surface area contributed by atoms with Crippen LogP contribution in [0.25, 0.3) is 10.9 Å². The lowest BCUT2D eigenvalue weighted by molar-refractivity contribution is 0.0819. The van der Waals surface area contributed by atoms with E-state index in [9.17, 15) is 14.7 Å². The fourth-order valence-corrected chi connectivity index (χ4v) is 3.42. The molecule has 29 heavy (non-hydrogen) atoms. The first kappa shape index (κ1) is 21.1. The van der Waals surface area contributed by atoms with Gasteiger partial charge in [0.1, 0.15) is 0 Å². The second-order valence-corrected chi connectivity index (χ2v) is 7.21. The Balaban J connectivity index is 2.12. The normalized spacial score (nSPS) is 12.1. The molecule has 0 amide bonds. The van der Waals surface area contributed by atoms with Crippen LogP contribution in [0.1, 0.15) is 11.1 Å². The molecule has 0 aliphatic heterocycles. The highest BCUT2D eigenvalue weighted by molar-refractivity contribution is 6.42. The van der Waals surface area contributed by atoms with Gasteiger partial charge in [0.15, 0.2) is 5.75 Å². The fourth-order valence-electron chi connectivity index (χ4n) is 3.04. The Morgan fingerprint density at radius 2 is 1.97 bits per heavy atom. The molecule has 3 N–H and O–H groups in total. The number of pyridine rings is 1. The molecule has 0 saturated carbocycles. The number of ether oxygens (including phenoxy) is 1. The van der Waals surface area contributed by atoms with Crippen molar-refractivity contribution in [1.29, 1.82) is 0 Å². The van der Waals surface area contributed by atoms with E-state index in [0.717, 1.165) is 11.1 Å². The van der Waals surface area contributed by atoms with Crippen molar-refractivity contribution in [2.24, 2.45) is 0 Å². The van der Waals surface area contributed by atoms with Crippen molar-refractivity contribution in [2.45, 2.75) is 19.1 Å². The van der Waals surface area contributed by atoms with Crippen molar-refractivity contribution in [3.8, 4) is 5.75 Å². The predicted octanol–water partition coefficient (Wildman–Crippen LogP) is 3.31. The Hall–Kier alpha value is -2.58. The van der Waals surface area contributed by atoms with Crippen LogP contribution in [0.5, 0.6) is 5.75 Å². The van der Waals surface area contributed by atoms with Crippen LogP contribution in [0.15, 0.2) is 47.4 Å². The molecule has 1 aromatic heterocycles. The average Bonchev–Trinajstić information content (AvgIpc) is 2.68. The Labute approximate surface area is 175 Å². The van der Waals surface area contributed by atoms with Gasteiger partial charge in [0.25, 0.3) is 0 Å². The zero-order valence-corrected chi connectivity index (χ0v) is 16.5. The van der Waals surface area contributed by atoms with E-state index >= 15 is 0 Å². The smallest absolute Gasteiger partial charge is 0.449 e. The van der Waals surface area contributed by atoms with E-state index < -0.39 is 30.0 Å². The van der Waals surface area contributed by atoms with Crippen LogP contribution in [0.4, 0.5) is 4.79 Å². The molecule has 0 radical (unpaired) electrons. The lowest BCUT2D eigenvalue weighted by Crippen LogP contribution is -2.23. The van der Waals surface area contributed by atoms with E-state index in [2.05, 4.69) is 4.74 Å². The summed E-state index contributed by atoms with van der Waals surface area (Å²) in [6.45, 7) is -0.545. The maximum absolute atomic E-state index is 12.7. The number of nitrogens with zero attached hydrogens (tertiary/aromatic N) is 1. The first-order valence-corrected chi connectivity index (χ1v) is 9.34. The van der Waals surface area contributed by atoms with E-state index in [4.69, 9.17) is 33.4 Å². The molecule has 7 nitrogen and oxygen atoms in total. The minimum atomic E-state index is -1.63. The van der Waals surface area contributed by atoms with E-state index in [1.165, 1.54) is 10.8 Å². The maximum atomic E-state index is 12.7. The first-order chi connectivity index (χ1) is 13.8. The number of benzene rings is 2. The maximum Gasteiger partial charge on any atom is 0.511 e. The molecule has 0 saturated heterocycles. The first-order valence-electron chi connectivity index (χ1n) is 8.58. The minimum Gasteiger partial charge on any atom is -0.449 e. The highest BCUT2D eigenvalue weighted by Gasteiger charge is 2.16.